The normalized spacial score (nSPS) is 16.0. The minimum Gasteiger partial charge on any atom is -0.490 e. The largest absolute Gasteiger partial charge is 0.490 e. The number of hydrogen-bond donors (Lipinski definition) is 1. The fraction of sp³-hybridized carbons (Fsp3) is 0.300. The third-order valence-corrected chi connectivity index (χ3v) is 6.73. The van der Waals surface area contributed by atoms with Crippen molar-refractivity contribution in [3.63, 3.8) is 0 Å². The zero-order valence-electron chi connectivity index (χ0n) is 20.3. The van der Waals surface area contributed by atoms with E-state index in [0.717, 1.165) is 48.4 Å². The Labute approximate surface area is 207 Å². The number of aryl methyl sites for hydroxylation is 1. The van der Waals surface area contributed by atoms with Crippen LogP contribution in [0.15, 0.2) is 91.1 Å². The molecule has 0 spiro atoms. The minimum atomic E-state index is -0.548. The Bertz CT molecular complexity index is 1180. The highest BCUT2D eigenvalue weighted by atomic mass is 16.5. The standard InChI is InChI=1S/C30H33N3O2/c1-23-19-27-28(31-20-23)13-8-14-29(27)35-22-26(34)21-32-15-17-33(18-16-32)30(24-9-4-2-5-10-24)25-11-6-3-7-12-25/h2-14,19-20,26,30,34H,15-18,21-22H2,1H3. The van der Waals surface area contributed by atoms with E-state index in [1.807, 2.05) is 31.3 Å². The average Bonchev–Trinajstić information content (AvgIpc) is 2.90. The summed E-state index contributed by atoms with van der Waals surface area (Å²) in [7, 11) is 0. The molecule has 0 radical (unpaired) electrons. The van der Waals surface area contributed by atoms with Crippen molar-refractivity contribution < 1.29 is 9.84 Å². The third kappa shape index (κ3) is 5.70. The van der Waals surface area contributed by atoms with E-state index in [0.29, 0.717) is 6.54 Å². The molecule has 3 aromatic carbocycles. The van der Waals surface area contributed by atoms with Crippen LogP contribution >= 0.6 is 0 Å². The molecular weight excluding hydrogens is 434 g/mol. The van der Waals surface area contributed by atoms with E-state index >= 15 is 0 Å². The number of aromatic nitrogens is 1. The van der Waals surface area contributed by atoms with Crippen LogP contribution in [0.3, 0.4) is 0 Å². The predicted molar refractivity (Wildman–Crippen MR) is 141 cm³/mol. The van der Waals surface area contributed by atoms with Crippen molar-refractivity contribution in [1.29, 1.82) is 0 Å². The highest BCUT2D eigenvalue weighted by Gasteiger charge is 2.27. The van der Waals surface area contributed by atoms with Crippen molar-refractivity contribution in [3.05, 3.63) is 108 Å². The predicted octanol–water partition coefficient (Wildman–Crippen LogP) is 4.69. The van der Waals surface area contributed by atoms with Crippen LogP contribution in [-0.2, 0) is 0 Å². The van der Waals surface area contributed by atoms with Gasteiger partial charge in [-0.3, -0.25) is 14.8 Å². The van der Waals surface area contributed by atoms with Gasteiger partial charge >= 0.3 is 0 Å². The van der Waals surface area contributed by atoms with Crippen LogP contribution in [-0.4, -0.2) is 65.3 Å². The SMILES string of the molecule is Cc1cnc2cccc(OCC(O)CN3CCN(C(c4ccccc4)c4ccccc4)CC3)c2c1. The van der Waals surface area contributed by atoms with Crippen LogP contribution in [0.25, 0.3) is 10.9 Å². The van der Waals surface area contributed by atoms with Gasteiger partial charge in [-0.1, -0.05) is 66.7 Å². The first-order chi connectivity index (χ1) is 17.2. The molecular formula is C30H33N3O2. The second-order valence-electron chi connectivity index (χ2n) is 9.36. The Balaban J connectivity index is 1.18. The summed E-state index contributed by atoms with van der Waals surface area (Å²) in [5.41, 5.74) is 4.64. The molecule has 0 saturated carbocycles. The molecule has 1 N–H and O–H groups in total. The highest BCUT2D eigenvalue weighted by Crippen LogP contribution is 2.29. The summed E-state index contributed by atoms with van der Waals surface area (Å²) in [6.45, 7) is 6.65. The maximum Gasteiger partial charge on any atom is 0.128 e. The fourth-order valence-electron chi connectivity index (χ4n) is 4.98. The first kappa shape index (κ1) is 23.5. The maximum absolute atomic E-state index is 10.7. The molecule has 4 aromatic rings. The third-order valence-electron chi connectivity index (χ3n) is 6.73. The van der Waals surface area contributed by atoms with E-state index in [4.69, 9.17) is 4.74 Å². The van der Waals surface area contributed by atoms with Gasteiger partial charge in [0.25, 0.3) is 0 Å². The van der Waals surface area contributed by atoms with E-state index in [1.165, 1.54) is 11.1 Å². The van der Waals surface area contributed by atoms with Gasteiger partial charge in [-0.15, -0.1) is 0 Å². The average molecular weight is 468 g/mol. The van der Waals surface area contributed by atoms with E-state index in [-0.39, 0.29) is 12.6 Å². The van der Waals surface area contributed by atoms with Gasteiger partial charge < -0.3 is 9.84 Å². The van der Waals surface area contributed by atoms with Gasteiger partial charge in [0.05, 0.1) is 11.6 Å². The monoisotopic (exact) mass is 467 g/mol. The lowest BCUT2D eigenvalue weighted by Gasteiger charge is -2.40. The molecule has 1 saturated heterocycles. The molecule has 5 nitrogen and oxygen atoms in total. The molecule has 1 atom stereocenters. The molecule has 1 aliphatic heterocycles. The summed E-state index contributed by atoms with van der Waals surface area (Å²) >= 11 is 0. The molecule has 1 aromatic heterocycles. The molecule has 0 amide bonds. The number of ether oxygens (including phenoxy) is 1. The molecule has 1 aliphatic rings. The smallest absolute Gasteiger partial charge is 0.128 e. The number of pyridine rings is 1. The molecule has 5 rings (SSSR count). The summed E-state index contributed by atoms with van der Waals surface area (Å²) in [5, 5.41) is 11.7. The number of aliphatic hydroxyl groups is 1. The Morgan fingerprint density at radius 3 is 2.17 bits per heavy atom. The topological polar surface area (TPSA) is 48.8 Å². The van der Waals surface area contributed by atoms with Gasteiger partial charge in [0.1, 0.15) is 18.5 Å². The molecule has 0 bridgehead atoms. The van der Waals surface area contributed by atoms with Crippen molar-refractivity contribution in [2.45, 2.75) is 19.1 Å². The number of β-amino-alcohol motifs (C(OH)–C–C–N with tert-alkyl or cyclic N) is 1. The van der Waals surface area contributed by atoms with Crippen LogP contribution in [0.1, 0.15) is 22.7 Å². The molecule has 1 fully saturated rings. The fourth-order valence-corrected chi connectivity index (χ4v) is 4.98. The summed E-state index contributed by atoms with van der Waals surface area (Å²) in [6.07, 6.45) is 1.31. The first-order valence-corrected chi connectivity index (χ1v) is 12.4. The Morgan fingerprint density at radius 2 is 1.51 bits per heavy atom. The molecule has 35 heavy (non-hydrogen) atoms. The number of aliphatic hydroxyl groups excluding tert-OH is 1. The first-order valence-electron chi connectivity index (χ1n) is 12.4. The number of hydrogen-bond acceptors (Lipinski definition) is 5. The van der Waals surface area contributed by atoms with Gasteiger partial charge in [0, 0.05) is 44.3 Å². The van der Waals surface area contributed by atoms with Crippen LogP contribution in [0.4, 0.5) is 0 Å². The molecule has 180 valence electrons. The lowest BCUT2D eigenvalue weighted by Crippen LogP contribution is -2.50. The quantitative estimate of drug-likeness (QED) is 0.407. The number of rotatable bonds is 8. The molecule has 1 unspecified atom stereocenters. The van der Waals surface area contributed by atoms with Gasteiger partial charge in [0.2, 0.25) is 0 Å². The Kier molecular flexibility index (Phi) is 7.38. The van der Waals surface area contributed by atoms with Crippen LogP contribution < -0.4 is 4.74 Å². The number of fused-ring (bicyclic) bond motifs is 1. The zero-order valence-corrected chi connectivity index (χ0v) is 20.3. The van der Waals surface area contributed by atoms with Crippen LogP contribution in [0.2, 0.25) is 0 Å². The lowest BCUT2D eigenvalue weighted by atomic mass is 9.96. The Hall–Kier alpha value is -3.25. The zero-order chi connectivity index (χ0) is 24.0. The van der Waals surface area contributed by atoms with Gasteiger partial charge in [-0.05, 0) is 41.8 Å². The van der Waals surface area contributed by atoms with Crippen molar-refractivity contribution >= 4 is 10.9 Å². The van der Waals surface area contributed by atoms with Crippen molar-refractivity contribution in [3.8, 4) is 5.75 Å². The highest BCUT2D eigenvalue weighted by molar-refractivity contribution is 5.85. The van der Waals surface area contributed by atoms with Crippen LogP contribution in [0.5, 0.6) is 5.75 Å². The summed E-state index contributed by atoms with van der Waals surface area (Å²) < 4.78 is 6.03. The van der Waals surface area contributed by atoms with E-state index in [2.05, 4.69) is 81.5 Å². The molecule has 5 heteroatoms. The number of nitrogens with zero attached hydrogens (tertiary/aromatic N) is 3. The van der Waals surface area contributed by atoms with Gasteiger partial charge in [-0.25, -0.2) is 0 Å². The van der Waals surface area contributed by atoms with E-state index in [1.54, 1.807) is 0 Å². The second kappa shape index (κ2) is 11.0. The molecule has 2 heterocycles. The Morgan fingerprint density at radius 1 is 0.857 bits per heavy atom. The van der Waals surface area contributed by atoms with Gasteiger partial charge in [-0.2, -0.15) is 0 Å². The van der Waals surface area contributed by atoms with E-state index in [9.17, 15) is 5.11 Å². The summed E-state index contributed by atoms with van der Waals surface area (Å²) in [6, 6.07) is 29.7. The number of benzene rings is 3. The van der Waals surface area contributed by atoms with E-state index < -0.39 is 6.10 Å². The minimum absolute atomic E-state index is 0.247. The lowest BCUT2D eigenvalue weighted by molar-refractivity contribution is 0.0404. The van der Waals surface area contributed by atoms with Crippen molar-refractivity contribution in [2.24, 2.45) is 0 Å². The van der Waals surface area contributed by atoms with Gasteiger partial charge in [0.15, 0.2) is 0 Å². The van der Waals surface area contributed by atoms with Crippen molar-refractivity contribution in [2.75, 3.05) is 39.3 Å². The number of piperazine rings is 1. The van der Waals surface area contributed by atoms with Crippen LogP contribution in [0, 0.1) is 6.92 Å². The second-order valence-corrected chi connectivity index (χ2v) is 9.36. The molecule has 0 aliphatic carbocycles. The maximum atomic E-state index is 10.7. The summed E-state index contributed by atoms with van der Waals surface area (Å²) in [5.74, 6) is 0.774. The summed E-state index contributed by atoms with van der Waals surface area (Å²) in [4.78, 5) is 9.36. The van der Waals surface area contributed by atoms with Crippen molar-refractivity contribution in [1.82, 2.24) is 14.8 Å².